The molecule has 1 aliphatic heterocycles. The van der Waals surface area contributed by atoms with Gasteiger partial charge in [-0.2, -0.15) is 0 Å². The first-order valence-corrected chi connectivity index (χ1v) is 8.40. The molecule has 1 unspecified atom stereocenters. The number of hydrogen-bond acceptors (Lipinski definition) is 4. The van der Waals surface area contributed by atoms with E-state index < -0.39 is 0 Å². The normalized spacial score (nSPS) is 19.0. The number of aryl methyl sites for hydroxylation is 1. The maximum atomic E-state index is 4.48. The summed E-state index contributed by atoms with van der Waals surface area (Å²) in [4.78, 5) is 8.32. The molecule has 0 bridgehead atoms. The largest absolute Gasteiger partial charge is 0.305 e. The standard InChI is InChI=1S/C16H27N3S/c1-12(2)5-8-19-9-6-15(7-10-19)18-14(4)16-17-11-13(3)20-16/h5,11,14-15,18H,6-10H2,1-4H3. The Hall–Kier alpha value is -0.710. The molecule has 1 N–H and O–H groups in total. The number of allylic oxidation sites excluding steroid dienone is 1. The summed E-state index contributed by atoms with van der Waals surface area (Å²) in [7, 11) is 0. The van der Waals surface area contributed by atoms with E-state index in [1.54, 1.807) is 11.3 Å². The number of likely N-dealkylation sites (tertiary alicyclic amines) is 1. The number of nitrogens with one attached hydrogen (secondary N) is 1. The molecule has 0 aromatic carbocycles. The molecule has 1 atom stereocenters. The van der Waals surface area contributed by atoms with Gasteiger partial charge < -0.3 is 5.32 Å². The second kappa shape index (κ2) is 7.34. The Balaban J connectivity index is 1.75. The quantitative estimate of drug-likeness (QED) is 0.842. The molecular weight excluding hydrogens is 266 g/mol. The molecule has 0 amide bonds. The van der Waals surface area contributed by atoms with Crippen LogP contribution < -0.4 is 5.32 Å². The molecule has 2 heterocycles. The average molecular weight is 293 g/mol. The zero-order chi connectivity index (χ0) is 14.5. The maximum absolute atomic E-state index is 4.48. The fourth-order valence-electron chi connectivity index (χ4n) is 2.59. The van der Waals surface area contributed by atoms with Crippen molar-refractivity contribution in [2.24, 2.45) is 0 Å². The van der Waals surface area contributed by atoms with E-state index in [1.165, 1.54) is 41.4 Å². The minimum atomic E-state index is 0.378. The van der Waals surface area contributed by atoms with Gasteiger partial charge in [-0.15, -0.1) is 11.3 Å². The molecule has 0 saturated carbocycles. The number of nitrogens with zero attached hydrogens (tertiary/aromatic N) is 2. The highest BCUT2D eigenvalue weighted by atomic mass is 32.1. The summed E-state index contributed by atoms with van der Waals surface area (Å²) in [6.45, 7) is 12.2. The Morgan fingerprint density at radius 1 is 1.50 bits per heavy atom. The lowest BCUT2D eigenvalue weighted by Gasteiger charge is -2.33. The number of piperidine rings is 1. The Kier molecular flexibility index (Phi) is 5.75. The van der Waals surface area contributed by atoms with Gasteiger partial charge in [-0.3, -0.25) is 4.90 Å². The van der Waals surface area contributed by atoms with Crippen LogP contribution in [0.25, 0.3) is 0 Å². The molecule has 1 fully saturated rings. The third-order valence-corrected chi connectivity index (χ3v) is 4.94. The van der Waals surface area contributed by atoms with E-state index in [4.69, 9.17) is 0 Å². The first kappa shape index (κ1) is 15.7. The third kappa shape index (κ3) is 4.69. The van der Waals surface area contributed by atoms with Gasteiger partial charge in [0.15, 0.2) is 0 Å². The van der Waals surface area contributed by atoms with Gasteiger partial charge >= 0.3 is 0 Å². The molecule has 1 saturated heterocycles. The van der Waals surface area contributed by atoms with Crippen LogP contribution in [-0.2, 0) is 0 Å². The van der Waals surface area contributed by atoms with E-state index in [-0.39, 0.29) is 0 Å². The van der Waals surface area contributed by atoms with Crippen LogP contribution in [0, 0.1) is 6.92 Å². The second-order valence-corrected chi connectivity index (χ2v) is 7.32. The van der Waals surface area contributed by atoms with E-state index in [2.05, 4.69) is 49.0 Å². The van der Waals surface area contributed by atoms with Crippen molar-refractivity contribution in [3.05, 3.63) is 27.7 Å². The van der Waals surface area contributed by atoms with Crippen molar-refractivity contribution in [1.29, 1.82) is 0 Å². The number of thiazole rings is 1. The minimum absolute atomic E-state index is 0.378. The van der Waals surface area contributed by atoms with Crippen LogP contribution in [0.3, 0.4) is 0 Å². The van der Waals surface area contributed by atoms with Crippen LogP contribution in [0.1, 0.15) is 49.5 Å². The number of hydrogen-bond donors (Lipinski definition) is 1. The average Bonchev–Trinajstić information content (AvgIpc) is 2.85. The predicted octanol–water partition coefficient (Wildman–Crippen LogP) is 3.53. The van der Waals surface area contributed by atoms with Crippen molar-refractivity contribution in [1.82, 2.24) is 15.2 Å². The summed E-state index contributed by atoms with van der Waals surface area (Å²) in [6.07, 6.45) is 6.78. The number of rotatable bonds is 5. The van der Waals surface area contributed by atoms with Crippen LogP contribution in [-0.4, -0.2) is 35.6 Å². The maximum Gasteiger partial charge on any atom is 0.109 e. The van der Waals surface area contributed by atoms with Gasteiger partial charge in [0.25, 0.3) is 0 Å². The smallest absolute Gasteiger partial charge is 0.109 e. The molecule has 20 heavy (non-hydrogen) atoms. The zero-order valence-corrected chi connectivity index (χ0v) is 14.0. The predicted molar refractivity (Wildman–Crippen MR) is 87.3 cm³/mol. The fraction of sp³-hybridized carbons (Fsp3) is 0.688. The molecule has 0 radical (unpaired) electrons. The van der Waals surface area contributed by atoms with Gasteiger partial charge in [0.2, 0.25) is 0 Å². The van der Waals surface area contributed by atoms with Gasteiger partial charge in [-0.05, 0) is 53.6 Å². The Morgan fingerprint density at radius 3 is 2.75 bits per heavy atom. The number of aromatic nitrogens is 1. The topological polar surface area (TPSA) is 28.2 Å². The molecule has 3 nitrogen and oxygen atoms in total. The van der Waals surface area contributed by atoms with Crippen molar-refractivity contribution < 1.29 is 0 Å². The van der Waals surface area contributed by atoms with Gasteiger partial charge in [0.1, 0.15) is 5.01 Å². The summed E-state index contributed by atoms with van der Waals surface area (Å²) >= 11 is 1.80. The SMILES string of the molecule is CC(C)=CCN1CCC(NC(C)c2ncc(C)s2)CC1. The molecular formula is C16H27N3S. The highest BCUT2D eigenvalue weighted by Crippen LogP contribution is 2.21. The summed E-state index contributed by atoms with van der Waals surface area (Å²) in [5.74, 6) is 0. The van der Waals surface area contributed by atoms with Gasteiger partial charge in [-0.1, -0.05) is 11.6 Å². The summed E-state index contributed by atoms with van der Waals surface area (Å²) in [6, 6.07) is 1.01. The van der Waals surface area contributed by atoms with Crippen LogP contribution in [0.4, 0.5) is 0 Å². The second-order valence-electron chi connectivity index (χ2n) is 6.05. The summed E-state index contributed by atoms with van der Waals surface area (Å²) in [5.41, 5.74) is 1.41. The van der Waals surface area contributed by atoms with E-state index in [1.807, 2.05) is 6.20 Å². The lowest BCUT2D eigenvalue weighted by Crippen LogP contribution is -2.43. The Labute approximate surface area is 127 Å². The fourth-order valence-corrected chi connectivity index (χ4v) is 3.38. The summed E-state index contributed by atoms with van der Waals surface area (Å²) < 4.78 is 0. The molecule has 1 aromatic rings. The van der Waals surface area contributed by atoms with E-state index in [0.29, 0.717) is 12.1 Å². The lowest BCUT2D eigenvalue weighted by molar-refractivity contribution is 0.208. The minimum Gasteiger partial charge on any atom is -0.305 e. The van der Waals surface area contributed by atoms with Crippen molar-refractivity contribution >= 4 is 11.3 Å². The first-order chi connectivity index (χ1) is 9.54. The zero-order valence-electron chi connectivity index (χ0n) is 13.1. The van der Waals surface area contributed by atoms with E-state index in [0.717, 1.165) is 6.54 Å². The first-order valence-electron chi connectivity index (χ1n) is 7.58. The summed E-state index contributed by atoms with van der Waals surface area (Å²) in [5, 5.41) is 4.96. The van der Waals surface area contributed by atoms with Crippen molar-refractivity contribution in [2.75, 3.05) is 19.6 Å². The molecule has 1 aromatic heterocycles. The van der Waals surface area contributed by atoms with Gasteiger partial charge in [0, 0.05) is 23.7 Å². The molecule has 2 rings (SSSR count). The van der Waals surface area contributed by atoms with Gasteiger partial charge in [-0.25, -0.2) is 4.98 Å². The monoisotopic (exact) mass is 293 g/mol. The van der Waals surface area contributed by atoms with Crippen LogP contribution in [0.15, 0.2) is 17.8 Å². The van der Waals surface area contributed by atoms with Gasteiger partial charge in [0.05, 0.1) is 6.04 Å². The van der Waals surface area contributed by atoms with Crippen LogP contribution in [0.5, 0.6) is 0 Å². The van der Waals surface area contributed by atoms with Crippen LogP contribution >= 0.6 is 11.3 Å². The molecule has 112 valence electrons. The Morgan fingerprint density at radius 2 is 2.20 bits per heavy atom. The molecule has 0 spiro atoms. The van der Waals surface area contributed by atoms with Crippen molar-refractivity contribution in [3.63, 3.8) is 0 Å². The Bertz CT molecular complexity index is 440. The van der Waals surface area contributed by atoms with Crippen LogP contribution in [0.2, 0.25) is 0 Å². The van der Waals surface area contributed by atoms with Crippen molar-refractivity contribution in [2.45, 2.75) is 52.6 Å². The van der Waals surface area contributed by atoms with E-state index >= 15 is 0 Å². The lowest BCUT2D eigenvalue weighted by atomic mass is 10.0. The van der Waals surface area contributed by atoms with Crippen molar-refractivity contribution in [3.8, 4) is 0 Å². The highest BCUT2D eigenvalue weighted by Gasteiger charge is 2.21. The third-order valence-electron chi connectivity index (χ3n) is 3.84. The molecule has 1 aliphatic rings. The highest BCUT2D eigenvalue weighted by molar-refractivity contribution is 7.11. The molecule has 4 heteroatoms. The molecule has 0 aliphatic carbocycles. The van der Waals surface area contributed by atoms with E-state index in [9.17, 15) is 0 Å².